The van der Waals surface area contributed by atoms with Crippen LogP contribution in [-0.4, -0.2) is 47.7 Å². The molecule has 1 fully saturated rings. The molecule has 1 amide bonds. The summed E-state index contributed by atoms with van der Waals surface area (Å²) in [5.41, 5.74) is 0.177. The maximum atomic E-state index is 12.2. The van der Waals surface area contributed by atoms with Gasteiger partial charge in [-0.05, 0) is 17.8 Å². The van der Waals surface area contributed by atoms with Crippen molar-refractivity contribution in [2.75, 3.05) is 19.8 Å². The normalized spacial score (nSPS) is 22.1. The number of aliphatic carboxylic acids is 1. The standard InChI is InChI=1S/C14H25NO4/c1-10(8-14(2,3)4)7-12(16)15-5-6-19-9-11(15)13(17)18/h10-11H,5-9H2,1-4H3,(H,17,18). The molecule has 1 N–H and O–H groups in total. The highest BCUT2D eigenvalue weighted by atomic mass is 16.5. The molecule has 0 aromatic rings. The fourth-order valence-corrected chi connectivity index (χ4v) is 2.64. The molecule has 19 heavy (non-hydrogen) atoms. The Bertz CT molecular complexity index is 335. The molecule has 2 unspecified atom stereocenters. The average molecular weight is 271 g/mol. The molecule has 1 heterocycles. The number of carboxylic acid groups (broad SMARTS) is 1. The number of rotatable bonds is 4. The van der Waals surface area contributed by atoms with Gasteiger partial charge in [-0.15, -0.1) is 0 Å². The minimum absolute atomic E-state index is 0.0764. The topological polar surface area (TPSA) is 66.8 Å². The van der Waals surface area contributed by atoms with Crippen molar-refractivity contribution >= 4 is 11.9 Å². The summed E-state index contributed by atoms with van der Waals surface area (Å²) >= 11 is 0. The molecule has 1 aliphatic heterocycles. The highest BCUT2D eigenvalue weighted by Crippen LogP contribution is 2.26. The molecule has 5 heteroatoms. The minimum Gasteiger partial charge on any atom is -0.480 e. The van der Waals surface area contributed by atoms with Gasteiger partial charge in [0, 0.05) is 13.0 Å². The zero-order chi connectivity index (χ0) is 14.6. The van der Waals surface area contributed by atoms with E-state index in [4.69, 9.17) is 9.84 Å². The summed E-state index contributed by atoms with van der Waals surface area (Å²) < 4.78 is 5.13. The lowest BCUT2D eigenvalue weighted by Gasteiger charge is -2.34. The number of hydrogen-bond acceptors (Lipinski definition) is 3. The Kier molecular flexibility index (Phi) is 5.35. The molecule has 0 radical (unpaired) electrons. The molecule has 0 bridgehead atoms. The van der Waals surface area contributed by atoms with Crippen molar-refractivity contribution in [1.82, 2.24) is 4.90 Å². The predicted molar refractivity (Wildman–Crippen MR) is 71.8 cm³/mol. The largest absolute Gasteiger partial charge is 0.480 e. The number of carbonyl (C=O) groups is 2. The molecule has 0 aliphatic carbocycles. The van der Waals surface area contributed by atoms with E-state index >= 15 is 0 Å². The van der Waals surface area contributed by atoms with E-state index in [1.54, 1.807) is 0 Å². The summed E-state index contributed by atoms with van der Waals surface area (Å²) in [7, 11) is 0. The second kappa shape index (κ2) is 6.37. The minimum atomic E-state index is -0.989. The Morgan fingerprint density at radius 1 is 1.42 bits per heavy atom. The third-order valence-corrected chi connectivity index (χ3v) is 3.22. The van der Waals surface area contributed by atoms with Crippen LogP contribution < -0.4 is 0 Å². The second-order valence-electron chi connectivity index (χ2n) is 6.59. The number of carboxylic acids is 1. The van der Waals surface area contributed by atoms with Gasteiger partial charge in [-0.2, -0.15) is 0 Å². The van der Waals surface area contributed by atoms with E-state index in [1.807, 2.05) is 6.92 Å². The first-order valence-electron chi connectivity index (χ1n) is 6.81. The van der Waals surface area contributed by atoms with Gasteiger partial charge in [-0.25, -0.2) is 4.79 Å². The molecular formula is C14H25NO4. The lowest BCUT2D eigenvalue weighted by atomic mass is 9.84. The van der Waals surface area contributed by atoms with Crippen LogP contribution in [0.15, 0.2) is 0 Å². The van der Waals surface area contributed by atoms with Crippen molar-refractivity contribution < 1.29 is 19.4 Å². The number of carbonyl (C=O) groups excluding carboxylic acids is 1. The molecule has 0 saturated carbocycles. The number of hydrogen-bond donors (Lipinski definition) is 1. The van der Waals surface area contributed by atoms with Crippen LogP contribution in [0, 0.1) is 11.3 Å². The summed E-state index contributed by atoms with van der Waals surface area (Å²) in [6.45, 7) is 9.35. The van der Waals surface area contributed by atoms with Gasteiger partial charge >= 0.3 is 5.97 Å². The van der Waals surface area contributed by atoms with Crippen molar-refractivity contribution in [3.05, 3.63) is 0 Å². The Morgan fingerprint density at radius 2 is 2.05 bits per heavy atom. The number of ether oxygens (including phenoxy) is 1. The monoisotopic (exact) mass is 271 g/mol. The fraction of sp³-hybridized carbons (Fsp3) is 0.857. The quantitative estimate of drug-likeness (QED) is 0.846. The van der Waals surface area contributed by atoms with Crippen LogP contribution in [0.2, 0.25) is 0 Å². The molecule has 1 aliphatic rings. The van der Waals surface area contributed by atoms with Gasteiger partial charge in [0.05, 0.1) is 13.2 Å². The Balaban J connectivity index is 2.58. The van der Waals surface area contributed by atoms with Crippen LogP contribution in [0.3, 0.4) is 0 Å². The van der Waals surface area contributed by atoms with Crippen LogP contribution >= 0.6 is 0 Å². The van der Waals surface area contributed by atoms with Crippen molar-refractivity contribution in [2.45, 2.75) is 46.6 Å². The third-order valence-electron chi connectivity index (χ3n) is 3.22. The fourth-order valence-electron chi connectivity index (χ4n) is 2.64. The SMILES string of the molecule is CC(CC(=O)N1CCOCC1C(=O)O)CC(C)(C)C. The maximum Gasteiger partial charge on any atom is 0.328 e. The highest BCUT2D eigenvalue weighted by Gasteiger charge is 2.33. The van der Waals surface area contributed by atoms with Crippen molar-refractivity contribution in [3.63, 3.8) is 0 Å². The van der Waals surface area contributed by atoms with E-state index in [9.17, 15) is 9.59 Å². The molecule has 110 valence electrons. The van der Waals surface area contributed by atoms with Gasteiger partial charge in [-0.3, -0.25) is 4.79 Å². The maximum absolute atomic E-state index is 12.2. The van der Waals surface area contributed by atoms with Gasteiger partial charge in [0.25, 0.3) is 0 Å². The van der Waals surface area contributed by atoms with E-state index < -0.39 is 12.0 Å². The second-order valence-corrected chi connectivity index (χ2v) is 6.59. The molecule has 0 aromatic heterocycles. The summed E-state index contributed by atoms with van der Waals surface area (Å²) in [5, 5.41) is 9.10. The van der Waals surface area contributed by atoms with Gasteiger partial charge < -0.3 is 14.7 Å². The lowest BCUT2D eigenvalue weighted by Crippen LogP contribution is -2.52. The summed E-state index contributed by atoms with van der Waals surface area (Å²) in [6, 6.07) is -0.830. The molecule has 5 nitrogen and oxygen atoms in total. The first-order valence-corrected chi connectivity index (χ1v) is 6.81. The molecule has 2 atom stereocenters. The van der Waals surface area contributed by atoms with Crippen molar-refractivity contribution in [1.29, 1.82) is 0 Å². The summed E-state index contributed by atoms with van der Waals surface area (Å²) in [6.07, 6.45) is 1.35. The molecular weight excluding hydrogens is 246 g/mol. The molecule has 1 saturated heterocycles. The smallest absolute Gasteiger partial charge is 0.328 e. The van der Waals surface area contributed by atoms with E-state index in [-0.39, 0.29) is 23.8 Å². The average Bonchev–Trinajstić information content (AvgIpc) is 2.26. The van der Waals surface area contributed by atoms with Gasteiger partial charge in [0.15, 0.2) is 6.04 Å². The number of nitrogens with zero attached hydrogens (tertiary/aromatic N) is 1. The molecule has 1 rings (SSSR count). The van der Waals surface area contributed by atoms with E-state index in [0.29, 0.717) is 19.6 Å². The van der Waals surface area contributed by atoms with Crippen LogP contribution in [0.25, 0.3) is 0 Å². The Labute approximate surface area is 114 Å². The first kappa shape index (κ1) is 16.0. The summed E-state index contributed by atoms with van der Waals surface area (Å²) in [4.78, 5) is 24.8. The number of amides is 1. The van der Waals surface area contributed by atoms with Crippen LogP contribution in [0.5, 0.6) is 0 Å². The van der Waals surface area contributed by atoms with Crippen molar-refractivity contribution in [2.24, 2.45) is 11.3 Å². The van der Waals surface area contributed by atoms with E-state index in [0.717, 1.165) is 6.42 Å². The lowest BCUT2D eigenvalue weighted by molar-refractivity contribution is -0.158. The third kappa shape index (κ3) is 5.19. The van der Waals surface area contributed by atoms with Crippen LogP contribution in [-0.2, 0) is 14.3 Å². The summed E-state index contributed by atoms with van der Waals surface area (Å²) in [5.74, 6) is -0.811. The van der Waals surface area contributed by atoms with Gasteiger partial charge in [0.2, 0.25) is 5.91 Å². The van der Waals surface area contributed by atoms with Crippen molar-refractivity contribution in [3.8, 4) is 0 Å². The Hall–Kier alpha value is -1.10. The van der Waals surface area contributed by atoms with Gasteiger partial charge in [-0.1, -0.05) is 27.7 Å². The zero-order valence-corrected chi connectivity index (χ0v) is 12.3. The molecule has 0 aromatic carbocycles. The zero-order valence-electron chi connectivity index (χ0n) is 12.3. The van der Waals surface area contributed by atoms with E-state index in [1.165, 1.54) is 4.90 Å². The Morgan fingerprint density at radius 3 is 2.58 bits per heavy atom. The van der Waals surface area contributed by atoms with E-state index in [2.05, 4.69) is 20.8 Å². The molecule has 0 spiro atoms. The van der Waals surface area contributed by atoms with Crippen LogP contribution in [0.1, 0.15) is 40.5 Å². The number of morpholine rings is 1. The van der Waals surface area contributed by atoms with Gasteiger partial charge in [0.1, 0.15) is 0 Å². The van der Waals surface area contributed by atoms with Crippen LogP contribution in [0.4, 0.5) is 0 Å². The predicted octanol–water partition coefficient (Wildman–Crippen LogP) is 1.76. The highest BCUT2D eigenvalue weighted by molar-refractivity contribution is 5.84. The first-order chi connectivity index (χ1) is 8.70.